The molecule has 2 N–H and O–H groups in total. The zero-order chi connectivity index (χ0) is 16.4. The number of nitrogens with zero attached hydrogens (tertiary/aromatic N) is 1. The van der Waals surface area contributed by atoms with Crippen LogP contribution in [0.15, 0.2) is 42.6 Å². The van der Waals surface area contributed by atoms with Crippen molar-refractivity contribution in [2.45, 2.75) is 6.92 Å². The van der Waals surface area contributed by atoms with Crippen molar-refractivity contribution in [1.82, 2.24) is 10.2 Å². The van der Waals surface area contributed by atoms with Crippen LogP contribution in [0.1, 0.15) is 6.92 Å². The third kappa shape index (κ3) is 3.14. The highest BCUT2D eigenvalue weighted by molar-refractivity contribution is 6.36. The van der Waals surface area contributed by atoms with Gasteiger partial charge in [0.05, 0.1) is 23.5 Å². The fraction of sp³-hybridized carbons (Fsp3) is 0.118. The Bertz CT molecular complexity index is 846. The van der Waals surface area contributed by atoms with E-state index in [-0.39, 0.29) is 5.75 Å². The molecule has 0 saturated carbocycles. The number of halogens is 2. The standard InChI is InChI=1S/C17H14Cl2N2O2/c1-2-23-11-4-6-13(16(22)8-11)17-14(9-20-21-17)12-5-3-10(18)7-15(12)19/h3-9,22H,2H2,1H3,(H,20,21). The maximum absolute atomic E-state index is 10.3. The molecular weight excluding hydrogens is 335 g/mol. The van der Waals surface area contributed by atoms with Gasteiger partial charge >= 0.3 is 0 Å². The Kier molecular flexibility index (Phi) is 4.46. The number of aromatic hydroxyl groups is 1. The molecule has 6 heteroatoms. The minimum absolute atomic E-state index is 0.103. The van der Waals surface area contributed by atoms with Crippen LogP contribution in [-0.2, 0) is 0 Å². The number of phenols is 1. The Balaban J connectivity index is 2.08. The fourth-order valence-electron chi connectivity index (χ4n) is 2.38. The van der Waals surface area contributed by atoms with Crippen LogP contribution in [0.3, 0.4) is 0 Å². The summed E-state index contributed by atoms with van der Waals surface area (Å²) in [6, 6.07) is 10.4. The summed E-state index contributed by atoms with van der Waals surface area (Å²) in [5.74, 6) is 0.714. The Morgan fingerprint density at radius 2 is 1.87 bits per heavy atom. The summed E-state index contributed by atoms with van der Waals surface area (Å²) >= 11 is 12.2. The zero-order valence-corrected chi connectivity index (χ0v) is 13.8. The first-order valence-corrected chi connectivity index (χ1v) is 7.80. The monoisotopic (exact) mass is 348 g/mol. The summed E-state index contributed by atoms with van der Waals surface area (Å²) in [5, 5.41) is 18.4. The van der Waals surface area contributed by atoms with Crippen LogP contribution >= 0.6 is 23.2 Å². The first-order valence-electron chi connectivity index (χ1n) is 7.05. The van der Waals surface area contributed by atoms with Crippen LogP contribution in [0.4, 0.5) is 0 Å². The maximum atomic E-state index is 10.3. The van der Waals surface area contributed by atoms with Crippen molar-refractivity contribution in [3.63, 3.8) is 0 Å². The van der Waals surface area contributed by atoms with E-state index in [2.05, 4.69) is 10.2 Å². The van der Waals surface area contributed by atoms with Gasteiger partial charge in [-0.3, -0.25) is 5.10 Å². The summed E-state index contributed by atoms with van der Waals surface area (Å²) in [4.78, 5) is 0. The van der Waals surface area contributed by atoms with Crippen LogP contribution < -0.4 is 4.74 Å². The van der Waals surface area contributed by atoms with E-state index in [0.29, 0.717) is 33.7 Å². The second-order valence-corrected chi connectivity index (χ2v) is 5.74. The lowest BCUT2D eigenvalue weighted by atomic mass is 10.0. The van der Waals surface area contributed by atoms with Gasteiger partial charge < -0.3 is 9.84 Å². The number of hydrogen-bond acceptors (Lipinski definition) is 3. The van der Waals surface area contributed by atoms with Gasteiger partial charge in [-0.2, -0.15) is 5.10 Å². The highest BCUT2D eigenvalue weighted by Gasteiger charge is 2.16. The number of hydrogen-bond donors (Lipinski definition) is 2. The highest BCUT2D eigenvalue weighted by Crippen LogP contribution is 2.39. The number of H-pyrrole nitrogens is 1. The molecule has 0 fully saturated rings. The lowest BCUT2D eigenvalue weighted by molar-refractivity contribution is 0.338. The van der Waals surface area contributed by atoms with Gasteiger partial charge in [0.25, 0.3) is 0 Å². The third-order valence-corrected chi connectivity index (χ3v) is 3.96. The molecule has 23 heavy (non-hydrogen) atoms. The minimum Gasteiger partial charge on any atom is -0.507 e. The normalized spacial score (nSPS) is 10.7. The van der Waals surface area contributed by atoms with E-state index < -0.39 is 0 Å². The van der Waals surface area contributed by atoms with E-state index in [4.69, 9.17) is 27.9 Å². The molecule has 0 amide bonds. The molecule has 0 atom stereocenters. The van der Waals surface area contributed by atoms with Gasteiger partial charge in [-0.1, -0.05) is 29.3 Å². The van der Waals surface area contributed by atoms with Crippen molar-refractivity contribution in [3.05, 3.63) is 52.6 Å². The lowest BCUT2D eigenvalue weighted by Gasteiger charge is -2.09. The van der Waals surface area contributed by atoms with Gasteiger partial charge in [0, 0.05) is 27.8 Å². The predicted molar refractivity (Wildman–Crippen MR) is 92.3 cm³/mol. The molecule has 3 aromatic rings. The number of aromatic nitrogens is 2. The second kappa shape index (κ2) is 6.52. The van der Waals surface area contributed by atoms with E-state index >= 15 is 0 Å². The van der Waals surface area contributed by atoms with Crippen molar-refractivity contribution < 1.29 is 9.84 Å². The zero-order valence-electron chi connectivity index (χ0n) is 12.3. The van der Waals surface area contributed by atoms with Crippen LogP contribution in [0.25, 0.3) is 22.4 Å². The summed E-state index contributed by atoms with van der Waals surface area (Å²) < 4.78 is 5.38. The Morgan fingerprint density at radius 3 is 2.57 bits per heavy atom. The lowest BCUT2D eigenvalue weighted by Crippen LogP contribution is -1.92. The molecule has 0 bridgehead atoms. The number of rotatable bonds is 4. The summed E-state index contributed by atoms with van der Waals surface area (Å²) in [7, 11) is 0. The Hall–Kier alpha value is -2.17. The molecule has 0 spiro atoms. The van der Waals surface area contributed by atoms with Gasteiger partial charge in [0.2, 0.25) is 0 Å². The van der Waals surface area contributed by atoms with Crippen LogP contribution in [0.2, 0.25) is 10.0 Å². The molecule has 0 unspecified atom stereocenters. The number of benzene rings is 2. The van der Waals surface area contributed by atoms with Gasteiger partial charge in [-0.05, 0) is 31.2 Å². The SMILES string of the molecule is CCOc1ccc(-c2[nH]ncc2-c2ccc(Cl)cc2Cl)c(O)c1. The molecule has 0 aliphatic carbocycles. The van der Waals surface area contributed by atoms with Crippen LogP contribution in [-0.4, -0.2) is 21.9 Å². The van der Waals surface area contributed by atoms with Crippen molar-refractivity contribution in [3.8, 4) is 33.9 Å². The summed E-state index contributed by atoms with van der Waals surface area (Å²) in [5.41, 5.74) is 2.86. The molecule has 4 nitrogen and oxygen atoms in total. The molecule has 2 aromatic carbocycles. The molecular formula is C17H14Cl2N2O2. The van der Waals surface area contributed by atoms with Gasteiger partial charge in [0.15, 0.2) is 0 Å². The first kappa shape index (κ1) is 15.7. The molecule has 3 rings (SSSR count). The average Bonchev–Trinajstić information content (AvgIpc) is 2.97. The summed E-state index contributed by atoms with van der Waals surface area (Å²) in [6.45, 7) is 2.43. The second-order valence-electron chi connectivity index (χ2n) is 4.89. The number of ether oxygens (including phenoxy) is 1. The van der Waals surface area contributed by atoms with Crippen molar-refractivity contribution >= 4 is 23.2 Å². The predicted octanol–water partition coefficient (Wildman–Crippen LogP) is 5.15. The molecule has 1 aromatic heterocycles. The van der Waals surface area contributed by atoms with E-state index in [1.165, 1.54) is 0 Å². The fourth-order valence-corrected chi connectivity index (χ4v) is 2.89. The van der Waals surface area contributed by atoms with E-state index in [1.54, 1.807) is 36.5 Å². The molecule has 0 aliphatic rings. The maximum Gasteiger partial charge on any atom is 0.128 e. The van der Waals surface area contributed by atoms with Crippen molar-refractivity contribution in [1.29, 1.82) is 0 Å². The van der Waals surface area contributed by atoms with Crippen LogP contribution in [0.5, 0.6) is 11.5 Å². The van der Waals surface area contributed by atoms with Crippen molar-refractivity contribution in [2.24, 2.45) is 0 Å². The number of aromatic amines is 1. The summed E-state index contributed by atoms with van der Waals surface area (Å²) in [6.07, 6.45) is 1.67. The molecule has 0 saturated heterocycles. The highest BCUT2D eigenvalue weighted by atomic mass is 35.5. The largest absolute Gasteiger partial charge is 0.507 e. The molecule has 0 radical (unpaired) electrons. The molecule has 118 valence electrons. The molecule has 1 heterocycles. The van der Waals surface area contributed by atoms with Crippen LogP contribution in [0, 0.1) is 0 Å². The Morgan fingerprint density at radius 1 is 1.09 bits per heavy atom. The average molecular weight is 349 g/mol. The quantitative estimate of drug-likeness (QED) is 0.684. The van der Waals surface area contributed by atoms with E-state index in [9.17, 15) is 5.11 Å². The minimum atomic E-state index is 0.103. The molecule has 0 aliphatic heterocycles. The third-order valence-electron chi connectivity index (χ3n) is 3.41. The van der Waals surface area contributed by atoms with Gasteiger partial charge in [0.1, 0.15) is 11.5 Å². The van der Waals surface area contributed by atoms with E-state index in [1.807, 2.05) is 13.0 Å². The van der Waals surface area contributed by atoms with Gasteiger partial charge in [-0.25, -0.2) is 0 Å². The number of nitrogens with one attached hydrogen (secondary N) is 1. The smallest absolute Gasteiger partial charge is 0.128 e. The van der Waals surface area contributed by atoms with E-state index in [0.717, 1.165) is 11.1 Å². The number of phenolic OH excluding ortho intramolecular Hbond substituents is 1. The topological polar surface area (TPSA) is 58.1 Å². The first-order chi connectivity index (χ1) is 11.1. The Labute approximate surface area is 143 Å². The van der Waals surface area contributed by atoms with Gasteiger partial charge in [-0.15, -0.1) is 0 Å². The van der Waals surface area contributed by atoms with Crippen molar-refractivity contribution in [2.75, 3.05) is 6.61 Å².